The second-order valence-corrected chi connectivity index (χ2v) is 13.4. The van der Waals surface area contributed by atoms with Crippen molar-refractivity contribution in [3.63, 3.8) is 0 Å². The molecular formula is C36H40ClN3O6S. The quantitative estimate of drug-likeness (QED) is 0.163. The summed E-state index contributed by atoms with van der Waals surface area (Å²) in [5.41, 5.74) is 1.75. The zero-order chi connectivity index (χ0) is 34.0. The molecule has 248 valence electrons. The molecule has 0 fully saturated rings. The van der Waals surface area contributed by atoms with Gasteiger partial charge in [-0.3, -0.25) is 13.9 Å². The molecule has 11 heteroatoms. The molecule has 47 heavy (non-hydrogen) atoms. The minimum absolute atomic E-state index is 0.0213. The molecule has 0 radical (unpaired) electrons. The maximum atomic E-state index is 14.6. The summed E-state index contributed by atoms with van der Waals surface area (Å²) in [6.45, 7) is 3.28. The first-order chi connectivity index (χ1) is 22.5. The molecule has 2 amide bonds. The highest BCUT2D eigenvalue weighted by atomic mass is 35.5. The highest BCUT2D eigenvalue weighted by Gasteiger charge is 2.35. The monoisotopic (exact) mass is 677 g/mol. The predicted octanol–water partition coefficient (Wildman–Crippen LogP) is 6.11. The average Bonchev–Trinajstić information content (AvgIpc) is 3.08. The summed E-state index contributed by atoms with van der Waals surface area (Å²) in [6, 6.07) is 27.7. The molecule has 0 bridgehead atoms. The SMILES string of the molecule is CC[C@@H](C)NC(=O)[C@H](Cc1ccccc1)N(Cc1cccc(OC)c1)C(=O)CN(c1cccc(Cl)c1)S(=O)(=O)c1ccc(OC)cc1. The number of halogens is 1. The lowest BCUT2D eigenvalue weighted by Crippen LogP contribution is -2.54. The lowest BCUT2D eigenvalue weighted by Gasteiger charge is -2.34. The molecule has 4 aromatic carbocycles. The van der Waals surface area contributed by atoms with Crippen molar-refractivity contribution < 1.29 is 27.5 Å². The van der Waals surface area contributed by atoms with Gasteiger partial charge in [-0.05, 0) is 79.1 Å². The summed E-state index contributed by atoms with van der Waals surface area (Å²) in [5, 5.41) is 3.33. The normalized spacial score (nSPS) is 12.4. The first kappa shape index (κ1) is 35.3. The van der Waals surface area contributed by atoms with E-state index in [2.05, 4.69) is 5.32 Å². The second kappa shape index (κ2) is 16.3. The number of carbonyl (C=O) groups excluding carboxylic acids is 2. The van der Waals surface area contributed by atoms with E-state index in [4.69, 9.17) is 21.1 Å². The van der Waals surface area contributed by atoms with Crippen molar-refractivity contribution in [1.29, 1.82) is 0 Å². The van der Waals surface area contributed by atoms with Crippen LogP contribution < -0.4 is 19.1 Å². The smallest absolute Gasteiger partial charge is 0.264 e. The number of ether oxygens (including phenoxy) is 2. The zero-order valence-electron chi connectivity index (χ0n) is 26.9. The van der Waals surface area contributed by atoms with E-state index >= 15 is 0 Å². The van der Waals surface area contributed by atoms with E-state index in [1.807, 2.05) is 50.2 Å². The molecule has 4 aromatic rings. The van der Waals surface area contributed by atoms with E-state index in [-0.39, 0.29) is 35.5 Å². The molecule has 0 aliphatic heterocycles. The van der Waals surface area contributed by atoms with Crippen LogP contribution in [0, 0.1) is 0 Å². The highest BCUT2D eigenvalue weighted by Crippen LogP contribution is 2.28. The Morgan fingerprint density at radius 2 is 1.49 bits per heavy atom. The minimum Gasteiger partial charge on any atom is -0.497 e. The van der Waals surface area contributed by atoms with Gasteiger partial charge in [0.25, 0.3) is 10.0 Å². The van der Waals surface area contributed by atoms with Gasteiger partial charge in [0.05, 0.1) is 24.8 Å². The second-order valence-electron chi connectivity index (χ2n) is 11.1. The number of nitrogens with zero attached hydrogens (tertiary/aromatic N) is 2. The fraction of sp³-hybridized carbons (Fsp3) is 0.278. The zero-order valence-corrected chi connectivity index (χ0v) is 28.5. The Kier molecular flexibility index (Phi) is 12.3. The van der Waals surface area contributed by atoms with Gasteiger partial charge in [0.1, 0.15) is 24.1 Å². The first-order valence-corrected chi connectivity index (χ1v) is 17.1. The van der Waals surface area contributed by atoms with E-state index in [0.29, 0.717) is 28.5 Å². The van der Waals surface area contributed by atoms with E-state index in [9.17, 15) is 18.0 Å². The van der Waals surface area contributed by atoms with E-state index in [0.717, 1.165) is 9.87 Å². The summed E-state index contributed by atoms with van der Waals surface area (Å²) in [6.07, 6.45) is 0.900. The third kappa shape index (κ3) is 9.27. The van der Waals surface area contributed by atoms with Gasteiger partial charge in [-0.25, -0.2) is 8.42 Å². The van der Waals surface area contributed by atoms with Gasteiger partial charge in [-0.2, -0.15) is 0 Å². The van der Waals surface area contributed by atoms with Gasteiger partial charge in [0.15, 0.2) is 0 Å². The number of hydrogen-bond donors (Lipinski definition) is 1. The summed E-state index contributed by atoms with van der Waals surface area (Å²) in [5.74, 6) is 0.146. The third-order valence-corrected chi connectivity index (χ3v) is 9.80. The number of rotatable bonds is 15. The van der Waals surface area contributed by atoms with E-state index < -0.39 is 28.5 Å². The molecule has 0 saturated carbocycles. The Morgan fingerprint density at radius 1 is 0.830 bits per heavy atom. The van der Waals surface area contributed by atoms with Crippen molar-refractivity contribution in [2.45, 2.75) is 50.2 Å². The summed E-state index contributed by atoms with van der Waals surface area (Å²) < 4.78 is 40.0. The van der Waals surface area contributed by atoms with E-state index in [1.165, 1.54) is 42.3 Å². The van der Waals surface area contributed by atoms with Crippen LogP contribution in [0.1, 0.15) is 31.4 Å². The van der Waals surface area contributed by atoms with Crippen LogP contribution in [0.15, 0.2) is 108 Å². The predicted molar refractivity (Wildman–Crippen MR) is 184 cm³/mol. The number of amides is 2. The topological polar surface area (TPSA) is 105 Å². The lowest BCUT2D eigenvalue weighted by atomic mass is 10.0. The van der Waals surface area contributed by atoms with Crippen molar-refractivity contribution in [2.75, 3.05) is 25.1 Å². The molecule has 0 heterocycles. The van der Waals surface area contributed by atoms with Crippen molar-refractivity contribution in [3.8, 4) is 11.5 Å². The summed E-state index contributed by atoms with van der Waals surface area (Å²) in [4.78, 5) is 30.0. The summed E-state index contributed by atoms with van der Waals surface area (Å²) >= 11 is 6.31. The molecule has 2 atom stereocenters. The maximum absolute atomic E-state index is 14.6. The molecule has 0 unspecified atom stereocenters. The number of methoxy groups -OCH3 is 2. The van der Waals surface area contributed by atoms with Gasteiger partial charge < -0.3 is 19.7 Å². The average molecular weight is 678 g/mol. The highest BCUT2D eigenvalue weighted by molar-refractivity contribution is 7.92. The molecule has 4 rings (SSSR count). The molecule has 0 aliphatic rings. The minimum atomic E-state index is -4.28. The van der Waals surface area contributed by atoms with Gasteiger partial charge >= 0.3 is 0 Å². The number of benzene rings is 4. The Labute approximate surface area is 282 Å². The van der Waals surface area contributed by atoms with Crippen LogP contribution in [0.5, 0.6) is 11.5 Å². The van der Waals surface area contributed by atoms with Crippen LogP contribution in [-0.2, 0) is 32.6 Å². The number of anilines is 1. The van der Waals surface area contributed by atoms with Crippen molar-refractivity contribution in [2.24, 2.45) is 0 Å². The molecular weight excluding hydrogens is 638 g/mol. The van der Waals surface area contributed by atoms with Crippen molar-refractivity contribution in [1.82, 2.24) is 10.2 Å². The van der Waals surface area contributed by atoms with E-state index in [1.54, 1.807) is 43.5 Å². The van der Waals surface area contributed by atoms with Gasteiger partial charge in [0.2, 0.25) is 11.8 Å². The molecule has 0 aromatic heterocycles. The van der Waals surface area contributed by atoms with Crippen LogP contribution in [0.25, 0.3) is 0 Å². The largest absolute Gasteiger partial charge is 0.497 e. The van der Waals surface area contributed by atoms with Gasteiger partial charge in [-0.1, -0.05) is 67.1 Å². The van der Waals surface area contributed by atoms with Crippen LogP contribution in [0.3, 0.4) is 0 Å². The fourth-order valence-corrected chi connectivity index (χ4v) is 6.59. The Hall–Kier alpha value is -4.54. The molecule has 0 spiro atoms. The Bertz CT molecular complexity index is 1750. The summed E-state index contributed by atoms with van der Waals surface area (Å²) in [7, 11) is -1.25. The van der Waals surface area contributed by atoms with Gasteiger partial charge in [0, 0.05) is 24.0 Å². The van der Waals surface area contributed by atoms with Crippen molar-refractivity contribution >= 4 is 39.1 Å². The number of nitrogens with one attached hydrogen (secondary N) is 1. The van der Waals surface area contributed by atoms with Gasteiger partial charge in [-0.15, -0.1) is 0 Å². The molecule has 1 N–H and O–H groups in total. The maximum Gasteiger partial charge on any atom is 0.264 e. The number of sulfonamides is 1. The lowest BCUT2D eigenvalue weighted by molar-refractivity contribution is -0.140. The fourth-order valence-electron chi connectivity index (χ4n) is 5.00. The van der Waals surface area contributed by atoms with Crippen molar-refractivity contribution in [3.05, 3.63) is 119 Å². The first-order valence-electron chi connectivity index (χ1n) is 15.2. The van der Waals surface area contributed by atoms with Crippen LogP contribution >= 0.6 is 11.6 Å². The van der Waals surface area contributed by atoms with Crippen LogP contribution in [-0.4, -0.2) is 58.0 Å². The molecule has 0 aliphatic carbocycles. The third-order valence-electron chi connectivity index (χ3n) is 7.78. The Balaban J connectivity index is 1.82. The van der Waals surface area contributed by atoms with Crippen LogP contribution in [0.4, 0.5) is 5.69 Å². The van der Waals surface area contributed by atoms with Crippen LogP contribution in [0.2, 0.25) is 5.02 Å². The molecule has 9 nitrogen and oxygen atoms in total. The number of hydrogen-bond acceptors (Lipinski definition) is 6. The Morgan fingerprint density at radius 3 is 2.13 bits per heavy atom. The molecule has 0 saturated heterocycles. The number of carbonyl (C=O) groups is 2. The standard InChI is InChI=1S/C36H40ClN3O6S/c1-5-26(2)38-36(42)34(22-27-11-7-6-8-12-27)39(24-28-13-9-16-32(21-28)46-4)35(41)25-40(30-15-10-14-29(37)23-30)47(43,44)33-19-17-31(45-3)18-20-33/h6-21,23,26,34H,5,22,24-25H2,1-4H3,(H,38,42)/t26-,34+/m1/s1.